The van der Waals surface area contributed by atoms with E-state index in [-0.39, 0.29) is 0 Å². The summed E-state index contributed by atoms with van der Waals surface area (Å²) in [5.41, 5.74) is 3.19. The molecule has 0 aliphatic heterocycles. The number of rotatable bonds is 6. The lowest BCUT2D eigenvalue weighted by atomic mass is 10.1. The predicted octanol–water partition coefficient (Wildman–Crippen LogP) is 1.88. The zero-order chi connectivity index (χ0) is 8.69. The van der Waals surface area contributed by atoms with Crippen LogP contribution in [0.25, 0.3) is 0 Å². The second-order valence-electron chi connectivity index (χ2n) is 3.39. The lowest BCUT2D eigenvalue weighted by Crippen LogP contribution is -2.36. The first-order valence-corrected chi connectivity index (χ1v) is 4.63. The highest BCUT2D eigenvalue weighted by Crippen LogP contribution is 2.00. The lowest BCUT2D eigenvalue weighted by Gasteiger charge is -2.20. The van der Waals surface area contributed by atoms with Gasteiger partial charge in [0, 0.05) is 13.1 Å². The van der Waals surface area contributed by atoms with E-state index in [0.29, 0.717) is 0 Å². The van der Waals surface area contributed by atoms with Crippen molar-refractivity contribution in [3.8, 4) is 0 Å². The van der Waals surface area contributed by atoms with Gasteiger partial charge in [0.2, 0.25) is 0 Å². The highest BCUT2D eigenvalue weighted by atomic mass is 15.5. The van der Waals surface area contributed by atoms with Crippen LogP contribution in [0.2, 0.25) is 0 Å². The molecule has 11 heavy (non-hydrogen) atoms. The molecule has 0 saturated heterocycles. The molecule has 2 heteroatoms. The van der Waals surface area contributed by atoms with Crippen LogP contribution in [-0.2, 0) is 0 Å². The fourth-order valence-electron chi connectivity index (χ4n) is 1.02. The fraction of sp³-hybridized carbons (Fsp3) is 1.00. The Morgan fingerprint density at radius 3 is 2.27 bits per heavy atom. The molecular formula is C9H22N2. The molecule has 0 aromatic heterocycles. The van der Waals surface area contributed by atoms with Crippen LogP contribution in [0.4, 0.5) is 0 Å². The Morgan fingerprint density at radius 2 is 1.91 bits per heavy atom. The molecule has 0 rings (SSSR count). The summed E-state index contributed by atoms with van der Waals surface area (Å²) in [6, 6.07) is 0. The second-order valence-corrected chi connectivity index (χ2v) is 3.39. The molecule has 0 radical (unpaired) electrons. The number of hydrogen-bond donors (Lipinski definition) is 1. The standard InChI is InChI=1S/C9H22N2/c1-5-7-11(10-4)8-6-9(2)3/h9-10H,5-8H2,1-4H3. The van der Waals surface area contributed by atoms with Crippen molar-refractivity contribution in [3.63, 3.8) is 0 Å². The van der Waals surface area contributed by atoms with Crippen molar-refractivity contribution in [2.24, 2.45) is 5.92 Å². The Balaban J connectivity index is 3.35. The van der Waals surface area contributed by atoms with Crippen molar-refractivity contribution in [3.05, 3.63) is 0 Å². The first kappa shape index (κ1) is 10.9. The molecule has 0 spiro atoms. The van der Waals surface area contributed by atoms with Gasteiger partial charge in [0.1, 0.15) is 0 Å². The third kappa shape index (κ3) is 6.32. The van der Waals surface area contributed by atoms with Gasteiger partial charge in [-0.3, -0.25) is 5.43 Å². The lowest BCUT2D eigenvalue weighted by molar-refractivity contribution is 0.196. The van der Waals surface area contributed by atoms with Crippen LogP contribution in [0.3, 0.4) is 0 Å². The van der Waals surface area contributed by atoms with E-state index in [0.717, 1.165) is 12.5 Å². The maximum atomic E-state index is 3.19. The summed E-state index contributed by atoms with van der Waals surface area (Å²) in [6.07, 6.45) is 2.50. The van der Waals surface area contributed by atoms with E-state index in [9.17, 15) is 0 Å². The van der Waals surface area contributed by atoms with Crippen LogP contribution in [0.1, 0.15) is 33.6 Å². The minimum absolute atomic E-state index is 0.808. The van der Waals surface area contributed by atoms with Gasteiger partial charge in [-0.2, -0.15) is 0 Å². The topological polar surface area (TPSA) is 15.3 Å². The van der Waals surface area contributed by atoms with Crippen LogP contribution in [0.5, 0.6) is 0 Å². The average Bonchev–Trinajstić information content (AvgIpc) is 1.97. The normalized spacial score (nSPS) is 11.5. The second kappa shape index (κ2) is 6.62. The molecule has 0 unspecified atom stereocenters. The molecule has 68 valence electrons. The van der Waals surface area contributed by atoms with Crippen molar-refractivity contribution in [2.75, 3.05) is 20.1 Å². The summed E-state index contributed by atoms with van der Waals surface area (Å²) in [4.78, 5) is 0. The summed E-state index contributed by atoms with van der Waals surface area (Å²) >= 11 is 0. The monoisotopic (exact) mass is 158 g/mol. The van der Waals surface area contributed by atoms with Crippen molar-refractivity contribution < 1.29 is 0 Å². The molecule has 1 N–H and O–H groups in total. The molecule has 0 amide bonds. The number of hydrogen-bond acceptors (Lipinski definition) is 2. The van der Waals surface area contributed by atoms with Crippen molar-refractivity contribution in [2.45, 2.75) is 33.6 Å². The first-order valence-electron chi connectivity index (χ1n) is 4.63. The van der Waals surface area contributed by atoms with Crippen LogP contribution >= 0.6 is 0 Å². The van der Waals surface area contributed by atoms with E-state index >= 15 is 0 Å². The fourth-order valence-corrected chi connectivity index (χ4v) is 1.02. The Kier molecular flexibility index (Phi) is 6.57. The zero-order valence-electron chi connectivity index (χ0n) is 8.35. The van der Waals surface area contributed by atoms with Crippen LogP contribution in [0.15, 0.2) is 0 Å². The van der Waals surface area contributed by atoms with Gasteiger partial charge in [0.15, 0.2) is 0 Å². The molecule has 0 aromatic rings. The van der Waals surface area contributed by atoms with E-state index in [1.807, 2.05) is 7.05 Å². The van der Waals surface area contributed by atoms with E-state index in [1.54, 1.807) is 0 Å². The smallest absolute Gasteiger partial charge is 0.0133 e. The molecule has 0 saturated carbocycles. The van der Waals surface area contributed by atoms with Gasteiger partial charge in [-0.05, 0) is 25.8 Å². The molecule has 0 aliphatic rings. The highest BCUT2D eigenvalue weighted by molar-refractivity contribution is 4.52. The summed E-state index contributed by atoms with van der Waals surface area (Å²) in [5.74, 6) is 0.808. The van der Waals surface area contributed by atoms with Crippen molar-refractivity contribution in [1.82, 2.24) is 10.4 Å². The van der Waals surface area contributed by atoms with Gasteiger partial charge in [-0.1, -0.05) is 20.8 Å². The first-order chi connectivity index (χ1) is 5.20. The van der Waals surface area contributed by atoms with E-state index in [2.05, 4.69) is 31.2 Å². The Hall–Kier alpha value is -0.0800. The van der Waals surface area contributed by atoms with Gasteiger partial charge in [0.05, 0.1) is 0 Å². The van der Waals surface area contributed by atoms with Gasteiger partial charge in [-0.15, -0.1) is 0 Å². The number of nitrogens with zero attached hydrogens (tertiary/aromatic N) is 1. The Bertz CT molecular complexity index is 81.6. The molecule has 0 bridgehead atoms. The van der Waals surface area contributed by atoms with Crippen molar-refractivity contribution >= 4 is 0 Å². The quantitative estimate of drug-likeness (QED) is 0.594. The summed E-state index contributed by atoms with van der Waals surface area (Å²) in [7, 11) is 2.00. The Labute approximate surface area is 70.9 Å². The summed E-state index contributed by atoms with van der Waals surface area (Å²) in [6.45, 7) is 9.06. The highest BCUT2D eigenvalue weighted by Gasteiger charge is 2.00. The van der Waals surface area contributed by atoms with Gasteiger partial charge in [-0.25, -0.2) is 5.01 Å². The number of nitrogens with one attached hydrogen (secondary N) is 1. The molecule has 2 nitrogen and oxygen atoms in total. The molecule has 0 atom stereocenters. The van der Waals surface area contributed by atoms with Crippen LogP contribution in [-0.4, -0.2) is 25.1 Å². The summed E-state index contributed by atoms with van der Waals surface area (Å²) < 4.78 is 0. The summed E-state index contributed by atoms with van der Waals surface area (Å²) in [5, 5.41) is 2.28. The minimum atomic E-state index is 0.808. The van der Waals surface area contributed by atoms with Gasteiger partial charge < -0.3 is 0 Å². The maximum absolute atomic E-state index is 3.19. The Morgan fingerprint density at radius 1 is 1.27 bits per heavy atom. The molecule has 0 aromatic carbocycles. The van der Waals surface area contributed by atoms with E-state index < -0.39 is 0 Å². The molecule has 0 aliphatic carbocycles. The minimum Gasteiger partial charge on any atom is -0.258 e. The zero-order valence-corrected chi connectivity index (χ0v) is 8.35. The maximum Gasteiger partial charge on any atom is 0.0133 e. The largest absolute Gasteiger partial charge is 0.258 e. The molecule has 0 fully saturated rings. The molecule has 0 heterocycles. The third-order valence-electron chi connectivity index (χ3n) is 1.79. The van der Waals surface area contributed by atoms with E-state index in [1.165, 1.54) is 19.4 Å². The van der Waals surface area contributed by atoms with Crippen LogP contribution in [0, 0.1) is 5.92 Å². The number of hydrazine groups is 1. The molecular weight excluding hydrogens is 136 g/mol. The predicted molar refractivity (Wildman–Crippen MR) is 50.4 cm³/mol. The SMILES string of the molecule is CCCN(CCC(C)C)NC. The van der Waals surface area contributed by atoms with Crippen molar-refractivity contribution in [1.29, 1.82) is 0 Å². The average molecular weight is 158 g/mol. The van der Waals surface area contributed by atoms with E-state index in [4.69, 9.17) is 0 Å². The third-order valence-corrected chi connectivity index (χ3v) is 1.79. The van der Waals surface area contributed by atoms with Gasteiger partial charge in [0.25, 0.3) is 0 Å². The van der Waals surface area contributed by atoms with Crippen LogP contribution < -0.4 is 5.43 Å². The van der Waals surface area contributed by atoms with Gasteiger partial charge >= 0.3 is 0 Å².